The Labute approximate surface area is 136 Å². The number of ether oxygens (including phenoxy) is 1. The van der Waals surface area contributed by atoms with Gasteiger partial charge in [-0.1, -0.05) is 13.8 Å². The second-order valence-electron chi connectivity index (χ2n) is 5.74. The minimum atomic E-state index is -0.351. The van der Waals surface area contributed by atoms with Crippen molar-refractivity contribution in [1.82, 2.24) is 4.98 Å². The van der Waals surface area contributed by atoms with Crippen LogP contribution in [0.1, 0.15) is 30.7 Å². The quantitative estimate of drug-likeness (QED) is 0.919. The highest BCUT2D eigenvalue weighted by atomic mass is 32.2. The summed E-state index contributed by atoms with van der Waals surface area (Å²) in [7, 11) is 1.69. The van der Waals surface area contributed by atoms with Gasteiger partial charge in [-0.15, -0.1) is 0 Å². The van der Waals surface area contributed by atoms with Crippen LogP contribution in [0.25, 0.3) is 0 Å². The molecule has 1 N–H and O–H groups in total. The smallest absolute Gasteiger partial charge is 0.128 e. The molecular weight excluding hydrogens is 302 g/mol. The van der Waals surface area contributed by atoms with E-state index in [0.29, 0.717) is 16.9 Å². The molecule has 1 aromatic heterocycles. The van der Waals surface area contributed by atoms with E-state index in [4.69, 9.17) is 4.74 Å². The number of nitrogens with zero attached hydrogens (tertiary/aromatic N) is 1. The van der Waals surface area contributed by atoms with Crippen molar-refractivity contribution in [2.45, 2.75) is 56.0 Å². The number of hydrogen-bond acceptors (Lipinski definition) is 5. The number of pyridine rings is 1. The van der Waals surface area contributed by atoms with Crippen LogP contribution in [0.4, 0.5) is 0 Å². The predicted octanol–water partition coefficient (Wildman–Crippen LogP) is 3.24. The van der Waals surface area contributed by atoms with Crippen molar-refractivity contribution >= 4 is 23.5 Å². The summed E-state index contributed by atoms with van der Waals surface area (Å²) in [5.41, 5.74) is 3.03. The van der Waals surface area contributed by atoms with Crippen molar-refractivity contribution in [3.63, 3.8) is 0 Å². The van der Waals surface area contributed by atoms with Crippen LogP contribution in [0, 0.1) is 13.8 Å². The fourth-order valence-electron chi connectivity index (χ4n) is 2.62. The summed E-state index contributed by atoms with van der Waals surface area (Å²) in [5.74, 6) is 1.90. The van der Waals surface area contributed by atoms with Crippen molar-refractivity contribution in [3.8, 4) is 5.75 Å². The summed E-state index contributed by atoms with van der Waals surface area (Å²) in [6.45, 7) is 8.53. The molecule has 2 rings (SSSR count). The van der Waals surface area contributed by atoms with Crippen LogP contribution >= 0.6 is 23.5 Å². The van der Waals surface area contributed by atoms with Crippen molar-refractivity contribution in [2.24, 2.45) is 0 Å². The standard InChI is InChI=1S/C16H25NO2S2/c1-9-7-17-13(10(2)16(9)19-5)6-14(18)15-8-20-11(3)12(4)21-15/h7,11-12,14-15,18H,6,8H2,1-5H3. The third-order valence-corrected chi connectivity index (χ3v) is 7.69. The lowest BCUT2D eigenvalue weighted by Crippen LogP contribution is -2.35. The Hall–Kier alpha value is -0.390. The third kappa shape index (κ3) is 3.88. The van der Waals surface area contributed by atoms with E-state index in [1.807, 2.05) is 43.6 Å². The maximum atomic E-state index is 10.6. The van der Waals surface area contributed by atoms with E-state index in [1.54, 1.807) is 7.11 Å². The molecule has 1 saturated heterocycles. The summed E-state index contributed by atoms with van der Waals surface area (Å²) < 4.78 is 5.44. The lowest BCUT2D eigenvalue weighted by Gasteiger charge is -2.34. The number of hydrogen-bond donors (Lipinski definition) is 1. The molecule has 4 unspecified atom stereocenters. The molecule has 3 nitrogen and oxygen atoms in total. The molecule has 0 amide bonds. The highest BCUT2D eigenvalue weighted by Crippen LogP contribution is 2.38. The zero-order valence-corrected chi connectivity index (χ0v) is 15.1. The first kappa shape index (κ1) is 17.0. The van der Waals surface area contributed by atoms with E-state index in [9.17, 15) is 5.11 Å². The van der Waals surface area contributed by atoms with E-state index in [-0.39, 0.29) is 11.4 Å². The topological polar surface area (TPSA) is 42.4 Å². The normalized spacial score (nSPS) is 27.4. The number of aryl methyl sites for hydroxylation is 1. The van der Waals surface area contributed by atoms with Crippen LogP contribution in [0.2, 0.25) is 0 Å². The molecule has 1 fully saturated rings. The summed E-state index contributed by atoms with van der Waals surface area (Å²) in [6.07, 6.45) is 2.08. The lowest BCUT2D eigenvalue weighted by atomic mass is 10.0. The van der Waals surface area contributed by atoms with Gasteiger partial charge in [0.2, 0.25) is 0 Å². The molecule has 0 spiro atoms. The van der Waals surface area contributed by atoms with Gasteiger partial charge in [0, 0.05) is 50.9 Å². The second-order valence-corrected chi connectivity index (χ2v) is 8.77. The fraction of sp³-hybridized carbons (Fsp3) is 0.688. The number of methoxy groups -OCH3 is 1. The van der Waals surface area contributed by atoms with Crippen molar-refractivity contribution in [1.29, 1.82) is 0 Å². The zero-order chi connectivity index (χ0) is 15.6. The Morgan fingerprint density at radius 3 is 2.71 bits per heavy atom. The molecule has 0 aliphatic carbocycles. The summed E-state index contributed by atoms with van der Waals surface area (Å²) >= 11 is 3.87. The minimum absolute atomic E-state index is 0.287. The largest absolute Gasteiger partial charge is 0.496 e. The Kier molecular flexibility index (Phi) is 5.86. The average molecular weight is 328 g/mol. The monoisotopic (exact) mass is 327 g/mol. The molecule has 0 radical (unpaired) electrons. The molecule has 0 aromatic carbocycles. The van der Waals surface area contributed by atoms with Crippen LogP contribution < -0.4 is 4.74 Å². The molecule has 1 aliphatic rings. The Bertz CT molecular complexity index is 495. The molecule has 4 atom stereocenters. The zero-order valence-electron chi connectivity index (χ0n) is 13.4. The van der Waals surface area contributed by atoms with Crippen molar-refractivity contribution in [2.75, 3.05) is 12.9 Å². The van der Waals surface area contributed by atoms with Gasteiger partial charge < -0.3 is 9.84 Å². The van der Waals surface area contributed by atoms with Crippen LogP contribution in [0.3, 0.4) is 0 Å². The van der Waals surface area contributed by atoms with Gasteiger partial charge in [-0.05, 0) is 13.8 Å². The first-order valence-electron chi connectivity index (χ1n) is 7.38. The molecular formula is C16H25NO2S2. The highest BCUT2D eigenvalue weighted by Gasteiger charge is 2.31. The van der Waals surface area contributed by atoms with Crippen LogP contribution in [0.5, 0.6) is 5.75 Å². The van der Waals surface area contributed by atoms with Gasteiger partial charge in [-0.3, -0.25) is 4.98 Å². The summed E-state index contributed by atoms with van der Waals surface area (Å²) in [6, 6.07) is 0. The van der Waals surface area contributed by atoms with E-state index in [0.717, 1.165) is 28.3 Å². The minimum Gasteiger partial charge on any atom is -0.496 e. The molecule has 0 saturated carbocycles. The number of aromatic nitrogens is 1. The van der Waals surface area contributed by atoms with E-state index >= 15 is 0 Å². The summed E-state index contributed by atoms with van der Waals surface area (Å²) in [5, 5.41) is 12.1. The molecule has 21 heavy (non-hydrogen) atoms. The lowest BCUT2D eigenvalue weighted by molar-refractivity contribution is 0.175. The van der Waals surface area contributed by atoms with Crippen LogP contribution in [-0.4, -0.2) is 44.8 Å². The number of thioether (sulfide) groups is 2. The van der Waals surface area contributed by atoms with Gasteiger partial charge in [0.05, 0.1) is 13.2 Å². The highest BCUT2D eigenvalue weighted by molar-refractivity contribution is 8.07. The summed E-state index contributed by atoms with van der Waals surface area (Å²) in [4.78, 5) is 4.50. The Morgan fingerprint density at radius 2 is 2.10 bits per heavy atom. The van der Waals surface area contributed by atoms with Gasteiger partial charge in [-0.25, -0.2) is 0 Å². The van der Waals surface area contributed by atoms with Crippen LogP contribution in [0.15, 0.2) is 6.20 Å². The molecule has 118 valence electrons. The Morgan fingerprint density at radius 1 is 1.38 bits per heavy atom. The third-order valence-electron chi connectivity index (χ3n) is 4.16. The first-order chi connectivity index (χ1) is 9.93. The van der Waals surface area contributed by atoms with E-state index < -0.39 is 0 Å². The second kappa shape index (κ2) is 7.25. The maximum Gasteiger partial charge on any atom is 0.128 e. The fourth-order valence-corrected chi connectivity index (χ4v) is 5.63. The number of rotatable bonds is 4. The van der Waals surface area contributed by atoms with Gasteiger partial charge in [0.25, 0.3) is 0 Å². The molecule has 1 aromatic rings. The van der Waals surface area contributed by atoms with E-state index in [2.05, 4.69) is 18.8 Å². The molecule has 2 heterocycles. The first-order valence-corrected chi connectivity index (χ1v) is 9.37. The van der Waals surface area contributed by atoms with Crippen molar-refractivity contribution in [3.05, 3.63) is 23.0 Å². The van der Waals surface area contributed by atoms with Crippen molar-refractivity contribution < 1.29 is 9.84 Å². The Balaban J connectivity index is 2.08. The van der Waals surface area contributed by atoms with Gasteiger partial charge >= 0.3 is 0 Å². The number of aliphatic hydroxyl groups is 1. The predicted molar refractivity (Wildman–Crippen MR) is 92.7 cm³/mol. The van der Waals surface area contributed by atoms with Gasteiger partial charge in [-0.2, -0.15) is 23.5 Å². The van der Waals surface area contributed by atoms with E-state index in [1.165, 1.54) is 0 Å². The van der Waals surface area contributed by atoms with Gasteiger partial charge in [0.1, 0.15) is 5.75 Å². The maximum absolute atomic E-state index is 10.6. The van der Waals surface area contributed by atoms with Gasteiger partial charge in [0.15, 0.2) is 0 Å². The molecule has 0 bridgehead atoms. The SMILES string of the molecule is COc1c(C)cnc(CC(O)C2CSC(C)C(C)S2)c1C. The molecule has 5 heteroatoms. The van der Waals surface area contributed by atoms with Crippen LogP contribution in [-0.2, 0) is 6.42 Å². The molecule has 1 aliphatic heterocycles. The number of aliphatic hydroxyl groups excluding tert-OH is 1. The average Bonchev–Trinajstić information content (AvgIpc) is 2.45.